The number of nitrogens with zero attached hydrogens (tertiary/aromatic N) is 1. The van der Waals surface area contributed by atoms with Gasteiger partial charge in [0, 0.05) is 0 Å². The summed E-state index contributed by atoms with van der Waals surface area (Å²) in [7, 11) is 0. The number of amidine groups is 1. The van der Waals surface area contributed by atoms with Crippen LogP contribution in [0.2, 0.25) is 0 Å². The average Bonchev–Trinajstić information content (AvgIpc) is 2.93. The van der Waals surface area contributed by atoms with Crippen LogP contribution >= 0.6 is 11.8 Å². The van der Waals surface area contributed by atoms with Gasteiger partial charge in [0.2, 0.25) is 0 Å². The number of aliphatic hydroxyl groups excluding tert-OH is 3. The normalized spacial score (nSPS) is 37.3. The Morgan fingerprint density at radius 3 is 2.67 bits per heavy atom. The smallest absolute Gasteiger partial charge is 0.159 e. The summed E-state index contributed by atoms with van der Waals surface area (Å²) in [6, 6.07) is 9.44. The van der Waals surface area contributed by atoms with Gasteiger partial charge in [-0.25, -0.2) is 0 Å². The van der Waals surface area contributed by atoms with Crippen molar-refractivity contribution in [3.8, 4) is 0 Å². The molecule has 1 aromatic rings. The van der Waals surface area contributed by atoms with Gasteiger partial charge in [-0.05, 0) is 5.56 Å². The summed E-state index contributed by atoms with van der Waals surface area (Å²) in [5, 5.41) is 32.9. The molecule has 3 rings (SSSR count). The van der Waals surface area contributed by atoms with E-state index in [1.807, 2.05) is 30.3 Å². The highest BCUT2D eigenvalue weighted by atomic mass is 32.2. The summed E-state index contributed by atoms with van der Waals surface area (Å²) >= 11 is 1.37. The minimum atomic E-state index is -1.10. The predicted octanol–water partition coefficient (Wildman–Crippen LogP) is -0.313. The largest absolute Gasteiger partial charge is 0.394 e. The number of ether oxygens (including phenoxy) is 1. The second-order valence-electron chi connectivity index (χ2n) is 5.10. The van der Waals surface area contributed by atoms with E-state index in [0.29, 0.717) is 11.7 Å². The van der Waals surface area contributed by atoms with Crippen LogP contribution in [0.15, 0.2) is 35.3 Å². The summed E-state index contributed by atoms with van der Waals surface area (Å²) in [5.74, 6) is 0. The first-order valence-electron chi connectivity index (χ1n) is 6.83. The molecule has 2 heterocycles. The molecule has 7 heteroatoms. The van der Waals surface area contributed by atoms with Crippen molar-refractivity contribution in [3.05, 3.63) is 35.9 Å². The van der Waals surface area contributed by atoms with E-state index in [4.69, 9.17) is 9.84 Å². The Morgan fingerprint density at radius 2 is 1.95 bits per heavy atom. The zero-order valence-corrected chi connectivity index (χ0v) is 12.1. The van der Waals surface area contributed by atoms with E-state index in [2.05, 4.69) is 10.3 Å². The van der Waals surface area contributed by atoms with Gasteiger partial charge in [0.25, 0.3) is 0 Å². The number of hydrogen-bond donors (Lipinski definition) is 4. The Hall–Kier alpha value is -1.12. The molecule has 6 nitrogen and oxygen atoms in total. The molecular weight excluding hydrogens is 292 g/mol. The van der Waals surface area contributed by atoms with Crippen molar-refractivity contribution in [3.63, 3.8) is 0 Å². The van der Waals surface area contributed by atoms with Gasteiger partial charge in [0.05, 0.1) is 19.2 Å². The van der Waals surface area contributed by atoms with Crippen molar-refractivity contribution in [1.82, 2.24) is 5.32 Å². The van der Waals surface area contributed by atoms with Crippen molar-refractivity contribution >= 4 is 16.9 Å². The number of aliphatic hydroxyl groups is 3. The van der Waals surface area contributed by atoms with Gasteiger partial charge in [-0.2, -0.15) is 0 Å². The minimum Gasteiger partial charge on any atom is -0.394 e. The van der Waals surface area contributed by atoms with Crippen LogP contribution < -0.4 is 5.32 Å². The maximum Gasteiger partial charge on any atom is 0.159 e. The molecule has 0 spiro atoms. The van der Waals surface area contributed by atoms with Crippen LogP contribution in [0.1, 0.15) is 5.56 Å². The molecule has 0 radical (unpaired) electrons. The predicted molar refractivity (Wildman–Crippen MR) is 79.9 cm³/mol. The lowest BCUT2D eigenvalue weighted by atomic mass is 9.98. The van der Waals surface area contributed by atoms with E-state index >= 15 is 0 Å². The number of hydrogen-bond acceptors (Lipinski definition) is 6. The maximum atomic E-state index is 10.1. The Morgan fingerprint density at radius 1 is 1.19 bits per heavy atom. The van der Waals surface area contributed by atoms with Gasteiger partial charge in [-0.1, -0.05) is 42.1 Å². The zero-order chi connectivity index (χ0) is 14.8. The van der Waals surface area contributed by atoms with Crippen molar-refractivity contribution < 1.29 is 20.1 Å². The first-order valence-corrected chi connectivity index (χ1v) is 7.71. The Labute approximate surface area is 126 Å². The minimum absolute atomic E-state index is 0.321. The van der Waals surface area contributed by atoms with Crippen molar-refractivity contribution in [2.75, 3.05) is 6.61 Å². The van der Waals surface area contributed by atoms with E-state index in [9.17, 15) is 10.2 Å². The van der Waals surface area contributed by atoms with Crippen LogP contribution in [0.5, 0.6) is 0 Å². The first-order chi connectivity index (χ1) is 10.2. The van der Waals surface area contributed by atoms with Crippen LogP contribution in [-0.4, -0.2) is 56.9 Å². The van der Waals surface area contributed by atoms with Gasteiger partial charge < -0.3 is 25.4 Å². The van der Waals surface area contributed by atoms with Crippen LogP contribution in [-0.2, 0) is 11.3 Å². The molecule has 2 fully saturated rings. The molecule has 0 unspecified atom stereocenters. The fraction of sp³-hybridized carbons (Fsp3) is 0.500. The molecule has 2 aliphatic rings. The van der Waals surface area contributed by atoms with Gasteiger partial charge in [0.1, 0.15) is 23.7 Å². The second-order valence-corrected chi connectivity index (χ2v) is 6.19. The van der Waals surface area contributed by atoms with Crippen LogP contribution in [0.4, 0.5) is 0 Å². The van der Waals surface area contributed by atoms with Gasteiger partial charge in [-0.15, -0.1) is 0 Å². The molecule has 0 bridgehead atoms. The number of rotatable bonds is 3. The lowest BCUT2D eigenvalue weighted by Crippen LogP contribution is -2.59. The summed E-state index contributed by atoms with van der Waals surface area (Å²) in [5.41, 5.74) is 0.743. The van der Waals surface area contributed by atoms with E-state index in [0.717, 1.165) is 5.56 Å². The molecule has 0 saturated carbocycles. The van der Waals surface area contributed by atoms with E-state index in [-0.39, 0.29) is 12.0 Å². The van der Waals surface area contributed by atoms with Crippen molar-refractivity contribution in [2.45, 2.75) is 36.3 Å². The van der Waals surface area contributed by atoms with Gasteiger partial charge in [-0.3, -0.25) is 4.99 Å². The SMILES string of the molecule is OC[C@H]1O[C@H]2SC(=NCc3ccccc3)N[C@H]2[C@@H](O)[C@@H]1O. The quantitative estimate of drug-likeness (QED) is 0.612. The number of nitrogens with one attached hydrogen (secondary N) is 1. The Balaban J connectivity index is 1.67. The fourth-order valence-corrected chi connectivity index (χ4v) is 3.59. The fourth-order valence-electron chi connectivity index (χ4n) is 2.45. The number of benzene rings is 1. The van der Waals surface area contributed by atoms with E-state index in [1.54, 1.807) is 0 Å². The number of thioether (sulfide) groups is 1. The lowest BCUT2D eigenvalue weighted by molar-refractivity contribution is -0.167. The summed E-state index contributed by atoms with van der Waals surface area (Å²) in [6.07, 6.45) is -2.85. The second kappa shape index (κ2) is 6.33. The number of fused-ring (bicyclic) bond motifs is 1. The molecule has 5 atom stereocenters. The molecule has 114 valence electrons. The van der Waals surface area contributed by atoms with Crippen molar-refractivity contribution in [2.24, 2.45) is 4.99 Å². The highest BCUT2D eigenvalue weighted by Gasteiger charge is 2.48. The number of aliphatic imine (C=N–C) groups is 1. The molecule has 4 N–H and O–H groups in total. The molecule has 0 aromatic heterocycles. The van der Waals surface area contributed by atoms with Gasteiger partial charge >= 0.3 is 0 Å². The molecular formula is C14H18N2O4S. The molecule has 21 heavy (non-hydrogen) atoms. The third-order valence-electron chi connectivity index (χ3n) is 3.65. The van der Waals surface area contributed by atoms with Gasteiger partial charge in [0.15, 0.2) is 5.17 Å². The van der Waals surface area contributed by atoms with Crippen LogP contribution in [0.3, 0.4) is 0 Å². The topological polar surface area (TPSA) is 94.3 Å². The summed E-state index contributed by atoms with van der Waals surface area (Å²) in [4.78, 5) is 4.46. The first kappa shape index (κ1) is 14.8. The Kier molecular flexibility index (Phi) is 4.46. The standard InChI is InChI=1S/C14H18N2O4S/c17-7-9-11(18)12(19)10-13(20-9)21-14(16-10)15-6-8-4-2-1-3-5-8/h1-5,9-13,17-19H,6-7H2,(H,15,16)/t9-,10+,11-,12-,13+/m1/s1. The van der Waals surface area contributed by atoms with Crippen LogP contribution in [0, 0.1) is 0 Å². The molecule has 2 aliphatic heterocycles. The average molecular weight is 310 g/mol. The van der Waals surface area contributed by atoms with E-state index < -0.39 is 24.4 Å². The molecule has 0 amide bonds. The highest BCUT2D eigenvalue weighted by Crippen LogP contribution is 2.33. The monoisotopic (exact) mass is 310 g/mol. The molecule has 0 aliphatic carbocycles. The van der Waals surface area contributed by atoms with E-state index in [1.165, 1.54) is 11.8 Å². The zero-order valence-electron chi connectivity index (χ0n) is 11.3. The Bertz CT molecular complexity index is 513. The third-order valence-corrected chi connectivity index (χ3v) is 4.75. The maximum absolute atomic E-state index is 10.1. The molecule has 2 saturated heterocycles. The van der Waals surface area contributed by atoms with Crippen LogP contribution in [0.25, 0.3) is 0 Å². The lowest BCUT2D eigenvalue weighted by Gasteiger charge is -2.38. The summed E-state index contributed by atoms with van der Waals surface area (Å²) < 4.78 is 5.58. The highest BCUT2D eigenvalue weighted by molar-refractivity contribution is 8.14. The van der Waals surface area contributed by atoms with Crippen molar-refractivity contribution in [1.29, 1.82) is 0 Å². The molecule has 1 aromatic carbocycles. The third kappa shape index (κ3) is 3.07. The summed E-state index contributed by atoms with van der Waals surface area (Å²) in [6.45, 7) is 0.218.